The molecule has 0 fully saturated rings. The van der Waals surface area contributed by atoms with E-state index in [2.05, 4.69) is 22.5 Å². The summed E-state index contributed by atoms with van der Waals surface area (Å²) in [6, 6.07) is 14.4. The van der Waals surface area contributed by atoms with Gasteiger partial charge in [-0.15, -0.1) is 0 Å². The molecular weight excluding hydrogens is 336 g/mol. The normalized spacial score (nSPS) is 10.4. The molecule has 132 valence electrons. The Labute approximate surface area is 149 Å². The van der Waals surface area contributed by atoms with Crippen LogP contribution in [-0.4, -0.2) is 10.9 Å². The molecule has 0 aliphatic carbocycles. The van der Waals surface area contributed by atoms with Gasteiger partial charge in [0, 0.05) is 17.4 Å². The summed E-state index contributed by atoms with van der Waals surface area (Å²) in [6.45, 7) is 2.07. The second-order valence-corrected chi connectivity index (χ2v) is 5.65. The Balaban J connectivity index is 1.70. The van der Waals surface area contributed by atoms with Crippen LogP contribution in [0.4, 0.5) is 25.8 Å². The van der Waals surface area contributed by atoms with Crippen molar-refractivity contribution in [3.05, 3.63) is 83.7 Å². The van der Waals surface area contributed by atoms with E-state index >= 15 is 0 Å². The molecule has 2 aromatic carbocycles. The molecule has 4 nitrogen and oxygen atoms in total. The van der Waals surface area contributed by atoms with Gasteiger partial charge in [0.05, 0.1) is 11.9 Å². The highest BCUT2D eigenvalue weighted by atomic mass is 19.2. The molecule has 1 aromatic heterocycles. The topological polar surface area (TPSA) is 54.0 Å². The van der Waals surface area contributed by atoms with Crippen molar-refractivity contribution in [3.8, 4) is 0 Å². The minimum Gasteiger partial charge on any atom is -0.354 e. The van der Waals surface area contributed by atoms with E-state index in [0.717, 1.165) is 29.9 Å². The van der Waals surface area contributed by atoms with Crippen LogP contribution in [0.25, 0.3) is 0 Å². The number of nitrogens with zero attached hydrogens (tertiary/aromatic N) is 1. The molecule has 0 saturated carbocycles. The van der Waals surface area contributed by atoms with Crippen LogP contribution in [0.5, 0.6) is 0 Å². The zero-order chi connectivity index (χ0) is 18.5. The molecule has 0 spiro atoms. The molecule has 0 aliphatic heterocycles. The molecule has 1 amide bonds. The highest BCUT2D eigenvalue weighted by molar-refractivity contribution is 6.02. The number of anilines is 3. The predicted molar refractivity (Wildman–Crippen MR) is 97.7 cm³/mol. The molecule has 0 bridgehead atoms. The van der Waals surface area contributed by atoms with Crippen molar-refractivity contribution in [2.75, 3.05) is 10.6 Å². The predicted octanol–water partition coefficient (Wildman–Crippen LogP) is 4.92. The second-order valence-electron chi connectivity index (χ2n) is 5.65. The zero-order valence-electron chi connectivity index (χ0n) is 14.1. The lowest BCUT2D eigenvalue weighted by molar-refractivity contribution is 0.102. The molecule has 0 unspecified atom stereocenters. The number of para-hydroxylation sites is 1. The fourth-order valence-electron chi connectivity index (χ4n) is 2.48. The van der Waals surface area contributed by atoms with Gasteiger partial charge in [0.1, 0.15) is 5.69 Å². The number of amides is 1. The second kappa shape index (κ2) is 7.74. The number of benzene rings is 2. The SMILES string of the molecule is CCc1ccccc1Nc1ccc(C(=O)Nc2ccc(F)c(F)c2)nc1. The molecular formula is C20H17F2N3O. The summed E-state index contributed by atoms with van der Waals surface area (Å²) in [5, 5.41) is 5.75. The molecule has 1 heterocycles. The van der Waals surface area contributed by atoms with Gasteiger partial charge in [-0.25, -0.2) is 13.8 Å². The van der Waals surface area contributed by atoms with Crippen LogP contribution in [0.2, 0.25) is 0 Å². The highest BCUT2D eigenvalue weighted by Gasteiger charge is 2.10. The zero-order valence-corrected chi connectivity index (χ0v) is 14.1. The highest BCUT2D eigenvalue weighted by Crippen LogP contribution is 2.21. The third kappa shape index (κ3) is 4.03. The summed E-state index contributed by atoms with van der Waals surface area (Å²) < 4.78 is 26.1. The van der Waals surface area contributed by atoms with Crippen molar-refractivity contribution in [1.82, 2.24) is 4.98 Å². The van der Waals surface area contributed by atoms with Crippen LogP contribution in [0, 0.1) is 11.6 Å². The molecule has 3 rings (SSSR count). The lowest BCUT2D eigenvalue weighted by atomic mass is 10.1. The fourth-order valence-corrected chi connectivity index (χ4v) is 2.48. The Kier molecular flexibility index (Phi) is 5.22. The Morgan fingerprint density at radius 2 is 1.77 bits per heavy atom. The minimum absolute atomic E-state index is 0.162. The third-order valence-electron chi connectivity index (χ3n) is 3.85. The van der Waals surface area contributed by atoms with Gasteiger partial charge in [-0.05, 0) is 42.3 Å². The quantitative estimate of drug-likeness (QED) is 0.685. The third-order valence-corrected chi connectivity index (χ3v) is 3.85. The van der Waals surface area contributed by atoms with E-state index in [4.69, 9.17) is 0 Å². The van der Waals surface area contributed by atoms with Gasteiger partial charge < -0.3 is 10.6 Å². The monoisotopic (exact) mass is 353 g/mol. The van der Waals surface area contributed by atoms with Gasteiger partial charge in [-0.1, -0.05) is 25.1 Å². The molecule has 0 radical (unpaired) electrons. The van der Waals surface area contributed by atoms with E-state index < -0.39 is 17.5 Å². The number of carbonyl (C=O) groups excluding carboxylic acids is 1. The summed E-state index contributed by atoms with van der Waals surface area (Å²) in [4.78, 5) is 16.3. The van der Waals surface area contributed by atoms with Gasteiger partial charge in [0.25, 0.3) is 5.91 Å². The minimum atomic E-state index is -1.02. The van der Waals surface area contributed by atoms with E-state index in [-0.39, 0.29) is 11.4 Å². The van der Waals surface area contributed by atoms with Gasteiger partial charge in [-0.3, -0.25) is 4.79 Å². The van der Waals surface area contributed by atoms with Gasteiger partial charge in [0.2, 0.25) is 0 Å². The maximum Gasteiger partial charge on any atom is 0.274 e. The number of aromatic nitrogens is 1. The Bertz CT molecular complexity index is 927. The molecule has 26 heavy (non-hydrogen) atoms. The first-order valence-electron chi connectivity index (χ1n) is 8.14. The number of halogens is 2. The summed E-state index contributed by atoms with van der Waals surface area (Å²) in [5.41, 5.74) is 3.23. The first-order valence-corrected chi connectivity index (χ1v) is 8.14. The summed E-state index contributed by atoms with van der Waals surface area (Å²) in [5.74, 6) is -2.50. The van der Waals surface area contributed by atoms with Crippen LogP contribution >= 0.6 is 0 Å². The van der Waals surface area contributed by atoms with Gasteiger partial charge >= 0.3 is 0 Å². The first kappa shape index (κ1) is 17.5. The van der Waals surface area contributed by atoms with Crippen molar-refractivity contribution >= 4 is 23.0 Å². The smallest absolute Gasteiger partial charge is 0.274 e. The van der Waals surface area contributed by atoms with Crippen molar-refractivity contribution in [3.63, 3.8) is 0 Å². The number of carbonyl (C=O) groups is 1. The maximum atomic E-state index is 13.2. The molecule has 3 aromatic rings. The van der Waals surface area contributed by atoms with E-state index in [0.29, 0.717) is 0 Å². The molecule has 0 aliphatic rings. The Morgan fingerprint density at radius 3 is 2.46 bits per heavy atom. The van der Waals surface area contributed by atoms with Crippen LogP contribution in [0.3, 0.4) is 0 Å². The van der Waals surface area contributed by atoms with Crippen LogP contribution in [0.15, 0.2) is 60.8 Å². The molecule has 6 heteroatoms. The summed E-state index contributed by atoms with van der Waals surface area (Å²) in [6.07, 6.45) is 2.44. The van der Waals surface area contributed by atoms with E-state index in [1.807, 2.05) is 24.3 Å². The van der Waals surface area contributed by atoms with Crippen LogP contribution in [0.1, 0.15) is 23.0 Å². The average Bonchev–Trinajstić information content (AvgIpc) is 2.66. The van der Waals surface area contributed by atoms with Crippen molar-refractivity contribution in [1.29, 1.82) is 0 Å². The van der Waals surface area contributed by atoms with E-state index in [1.54, 1.807) is 18.3 Å². The number of hydrogen-bond acceptors (Lipinski definition) is 3. The fraction of sp³-hybridized carbons (Fsp3) is 0.100. The standard InChI is InChI=1S/C20H17F2N3O/c1-2-13-5-3-4-6-18(13)24-15-8-10-19(23-12-15)20(26)25-14-7-9-16(21)17(22)11-14/h3-12,24H,2H2,1H3,(H,25,26). The number of pyridine rings is 1. The lowest BCUT2D eigenvalue weighted by Gasteiger charge is -2.11. The van der Waals surface area contributed by atoms with E-state index in [9.17, 15) is 13.6 Å². The van der Waals surface area contributed by atoms with Crippen LogP contribution in [-0.2, 0) is 6.42 Å². The summed E-state index contributed by atoms with van der Waals surface area (Å²) >= 11 is 0. The van der Waals surface area contributed by atoms with Crippen molar-refractivity contribution in [2.24, 2.45) is 0 Å². The van der Waals surface area contributed by atoms with E-state index in [1.165, 1.54) is 11.6 Å². The number of nitrogens with one attached hydrogen (secondary N) is 2. The number of rotatable bonds is 5. The number of aryl methyl sites for hydroxylation is 1. The maximum absolute atomic E-state index is 13.2. The van der Waals surface area contributed by atoms with Crippen molar-refractivity contribution in [2.45, 2.75) is 13.3 Å². The molecule has 0 saturated heterocycles. The van der Waals surface area contributed by atoms with Crippen molar-refractivity contribution < 1.29 is 13.6 Å². The van der Waals surface area contributed by atoms with Crippen LogP contribution < -0.4 is 10.6 Å². The first-order chi connectivity index (χ1) is 12.6. The average molecular weight is 353 g/mol. The summed E-state index contributed by atoms with van der Waals surface area (Å²) in [7, 11) is 0. The molecule has 2 N–H and O–H groups in total. The Hall–Kier alpha value is -3.28. The number of hydrogen-bond donors (Lipinski definition) is 2. The lowest BCUT2D eigenvalue weighted by Crippen LogP contribution is -2.14. The Morgan fingerprint density at radius 1 is 1.00 bits per heavy atom. The largest absolute Gasteiger partial charge is 0.354 e. The molecule has 0 atom stereocenters. The van der Waals surface area contributed by atoms with Gasteiger partial charge in [-0.2, -0.15) is 0 Å². The van der Waals surface area contributed by atoms with Gasteiger partial charge in [0.15, 0.2) is 11.6 Å².